The first-order valence-corrected chi connectivity index (χ1v) is 18.5. The minimum absolute atomic E-state index is 0.00372. The normalized spacial score (nSPS) is 11.8. The molecule has 0 aliphatic heterocycles. The molecule has 266 valence electrons. The van der Waals surface area contributed by atoms with Crippen molar-refractivity contribution in [3.05, 3.63) is 139 Å². The van der Waals surface area contributed by atoms with Crippen molar-refractivity contribution in [1.82, 2.24) is 0 Å². The van der Waals surface area contributed by atoms with Crippen molar-refractivity contribution in [2.45, 2.75) is 52.4 Å². The fourth-order valence-electron chi connectivity index (χ4n) is 6.30. The van der Waals surface area contributed by atoms with E-state index in [1.807, 2.05) is 103 Å². The summed E-state index contributed by atoms with van der Waals surface area (Å²) in [6.07, 6.45) is 0. The van der Waals surface area contributed by atoms with Crippen LogP contribution in [0.15, 0.2) is 127 Å². The molecule has 0 radical (unpaired) electrons. The van der Waals surface area contributed by atoms with Crippen molar-refractivity contribution < 1.29 is 24.1 Å². The van der Waals surface area contributed by atoms with Gasteiger partial charge in [-0.2, -0.15) is 0 Å². The summed E-state index contributed by atoms with van der Waals surface area (Å²) in [6.45, 7) is 13.3. The lowest BCUT2D eigenvalue weighted by Gasteiger charge is -2.28. The molecule has 6 aromatic rings. The molecule has 6 rings (SSSR count). The molecule has 0 bridgehead atoms. The van der Waals surface area contributed by atoms with E-state index in [0.29, 0.717) is 45.6 Å². The number of para-hydroxylation sites is 2. The topological polar surface area (TPSA) is 57.2 Å². The molecule has 1 unspecified atom stereocenters. The van der Waals surface area contributed by atoms with Gasteiger partial charge in [0, 0.05) is 11.1 Å². The van der Waals surface area contributed by atoms with Gasteiger partial charge in [-0.1, -0.05) is 123 Å². The van der Waals surface area contributed by atoms with E-state index < -0.39 is 0 Å². The summed E-state index contributed by atoms with van der Waals surface area (Å²) in [5, 5.41) is 14.4. The Morgan fingerprint density at radius 2 is 1.00 bits per heavy atom. The van der Waals surface area contributed by atoms with Crippen LogP contribution in [0.2, 0.25) is 0 Å². The maximum Gasteiger partial charge on any atom is 0.138 e. The summed E-state index contributed by atoms with van der Waals surface area (Å²) in [4.78, 5) is 0. The Bertz CT molecular complexity index is 2080. The highest BCUT2D eigenvalue weighted by Gasteiger charge is 2.28. The first-order valence-electron chi connectivity index (χ1n) is 17.5. The Morgan fingerprint density at radius 1 is 0.500 bits per heavy atom. The summed E-state index contributed by atoms with van der Waals surface area (Å²) in [5.41, 5.74) is 5.18. The molecule has 52 heavy (non-hydrogen) atoms. The lowest BCUT2D eigenvalue weighted by Crippen LogP contribution is -2.17. The number of hydrogen-bond donors (Lipinski definition) is 1. The molecule has 0 saturated heterocycles. The molecule has 6 aromatic carbocycles. The van der Waals surface area contributed by atoms with Crippen LogP contribution in [0.4, 0.5) is 0 Å². The quantitative estimate of drug-likeness (QED) is 0.143. The highest BCUT2D eigenvalue weighted by atomic mass is 31.1. The van der Waals surface area contributed by atoms with Crippen LogP contribution in [0, 0.1) is 0 Å². The lowest BCUT2D eigenvalue weighted by molar-refractivity contribution is 0.396. The predicted octanol–water partition coefficient (Wildman–Crippen LogP) is 11.6. The van der Waals surface area contributed by atoms with E-state index in [2.05, 4.69) is 65.8 Å². The number of ether oxygens (including phenoxy) is 4. The number of benzene rings is 6. The van der Waals surface area contributed by atoms with Gasteiger partial charge in [0.25, 0.3) is 0 Å². The van der Waals surface area contributed by atoms with Crippen molar-refractivity contribution in [2.24, 2.45) is 0 Å². The number of phenolic OH excluding ortho intramolecular Hbond substituents is 1. The molecular weight excluding hydrogens is 663 g/mol. The Balaban J connectivity index is 1.61. The molecule has 1 N–H and O–H groups in total. The zero-order valence-electron chi connectivity index (χ0n) is 31.2. The molecule has 0 aromatic heterocycles. The first-order chi connectivity index (χ1) is 24.9. The Morgan fingerprint density at radius 3 is 1.48 bits per heavy atom. The molecular formula is C46H47O5P. The fraction of sp³-hybridized carbons (Fsp3) is 0.217. The number of hydrogen-bond acceptors (Lipinski definition) is 5. The van der Waals surface area contributed by atoms with E-state index in [0.717, 1.165) is 27.3 Å². The predicted molar refractivity (Wildman–Crippen MR) is 217 cm³/mol. The van der Waals surface area contributed by atoms with Gasteiger partial charge >= 0.3 is 0 Å². The zero-order valence-corrected chi connectivity index (χ0v) is 32.2. The Hall–Kier alpha value is -5.25. The summed E-state index contributed by atoms with van der Waals surface area (Å²) in [5.74, 6) is 4.07. The lowest BCUT2D eigenvalue weighted by atomic mass is 9.77. The van der Waals surface area contributed by atoms with Gasteiger partial charge in [0.15, 0.2) is 0 Å². The van der Waals surface area contributed by atoms with E-state index in [9.17, 15) is 5.11 Å². The summed E-state index contributed by atoms with van der Waals surface area (Å²) < 4.78 is 24.9. The summed E-state index contributed by atoms with van der Waals surface area (Å²) in [7, 11) is 3.28. The van der Waals surface area contributed by atoms with Crippen molar-refractivity contribution in [3.8, 4) is 62.5 Å². The van der Waals surface area contributed by atoms with Crippen LogP contribution in [-0.4, -0.2) is 19.3 Å². The second-order valence-corrected chi connectivity index (χ2v) is 16.1. The molecule has 0 aliphatic rings. The zero-order chi connectivity index (χ0) is 37.0. The highest BCUT2D eigenvalue weighted by molar-refractivity contribution is 7.56. The number of rotatable bonds is 10. The van der Waals surface area contributed by atoms with E-state index in [1.165, 1.54) is 5.56 Å². The third kappa shape index (κ3) is 7.81. The van der Waals surface area contributed by atoms with Gasteiger partial charge in [0.05, 0.1) is 25.1 Å². The Labute approximate surface area is 310 Å². The number of phenols is 1. The van der Waals surface area contributed by atoms with Gasteiger partial charge < -0.3 is 24.1 Å². The van der Waals surface area contributed by atoms with Crippen molar-refractivity contribution in [2.75, 3.05) is 14.2 Å². The van der Waals surface area contributed by atoms with Gasteiger partial charge in [-0.05, 0) is 87.4 Å². The second-order valence-electron chi connectivity index (χ2n) is 14.8. The first kappa shape index (κ1) is 36.5. The molecule has 0 heterocycles. The molecule has 5 nitrogen and oxygen atoms in total. The molecule has 0 spiro atoms. The van der Waals surface area contributed by atoms with Crippen LogP contribution in [0.25, 0.3) is 22.3 Å². The molecule has 1 atom stereocenters. The standard InChI is InChI=1S/C46H47O5P/c1-45(2,3)30-25-26-33(35(29-30)46(4,5)6)34-27-28-40(42(43(34)47)41-36(48-7)21-15-22-37(41)49-8)52-44-38(50-31-17-11-9-12-18-31)23-16-24-39(44)51-32-19-13-10-14-20-32/h9-29,47,52H,1-8H3. The smallest absolute Gasteiger partial charge is 0.138 e. The molecule has 6 heteroatoms. The maximum atomic E-state index is 12.7. The molecule has 0 amide bonds. The van der Waals surface area contributed by atoms with E-state index in [-0.39, 0.29) is 25.2 Å². The van der Waals surface area contributed by atoms with Crippen LogP contribution in [-0.2, 0) is 10.8 Å². The summed E-state index contributed by atoms with van der Waals surface area (Å²) in [6, 6.07) is 41.7. The SMILES string of the molecule is COc1cccc(OC)c1-c1c(Pc2c(Oc3ccccc3)cccc2Oc2ccccc2)ccc(-c2ccc(C(C)(C)C)cc2C(C)(C)C)c1O. The maximum absolute atomic E-state index is 12.7. The van der Waals surface area contributed by atoms with Crippen molar-refractivity contribution in [3.63, 3.8) is 0 Å². The van der Waals surface area contributed by atoms with E-state index in [4.69, 9.17) is 18.9 Å². The average molecular weight is 711 g/mol. The van der Waals surface area contributed by atoms with Crippen LogP contribution in [0.1, 0.15) is 52.7 Å². The van der Waals surface area contributed by atoms with Crippen LogP contribution < -0.4 is 29.6 Å². The average Bonchev–Trinajstić information content (AvgIpc) is 3.12. The third-order valence-electron chi connectivity index (χ3n) is 9.03. The molecule has 0 fully saturated rings. The molecule has 0 saturated carbocycles. The molecule has 0 aliphatic carbocycles. The van der Waals surface area contributed by atoms with Crippen molar-refractivity contribution >= 4 is 19.2 Å². The van der Waals surface area contributed by atoms with E-state index >= 15 is 0 Å². The van der Waals surface area contributed by atoms with Crippen LogP contribution in [0.3, 0.4) is 0 Å². The van der Waals surface area contributed by atoms with E-state index in [1.54, 1.807) is 14.2 Å². The Kier molecular flexibility index (Phi) is 10.6. The van der Waals surface area contributed by atoms with Crippen LogP contribution >= 0.6 is 8.58 Å². The number of aromatic hydroxyl groups is 1. The second kappa shape index (κ2) is 15.2. The van der Waals surface area contributed by atoms with Gasteiger partial charge in [0.1, 0.15) is 40.2 Å². The minimum atomic E-state index is -0.191. The number of methoxy groups -OCH3 is 2. The monoisotopic (exact) mass is 710 g/mol. The van der Waals surface area contributed by atoms with Crippen molar-refractivity contribution in [1.29, 1.82) is 0 Å². The largest absolute Gasteiger partial charge is 0.507 e. The fourth-order valence-corrected chi connectivity index (χ4v) is 7.62. The van der Waals surface area contributed by atoms with Gasteiger partial charge in [-0.15, -0.1) is 0 Å². The van der Waals surface area contributed by atoms with Gasteiger partial charge in [0.2, 0.25) is 0 Å². The highest BCUT2D eigenvalue weighted by Crippen LogP contribution is 2.49. The minimum Gasteiger partial charge on any atom is -0.507 e. The third-order valence-corrected chi connectivity index (χ3v) is 10.5. The summed E-state index contributed by atoms with van der Waals surface area (Å²) >= 11 is 0. The van der Waals surface area contributed by atoms with Crippen LogP contribution in [0.5, 0.6) is 40.2 Å². The van der Waals surface area contributed by atoms with Gasteiger partial charge in [-0.25, -0.2) is 0 Å². The van der Waals surface area contributed by atoms with Gasteiger partial charge in [-0.3, -0.25) is 0 Å².